The van der Waals surface area contributed by atoms with E-state index in [1.807, 2.05) is 38.1 Å². The molecule has 0 bridgehead atoms. The molecule has 2 N–H and O–H groups in total. The number of ether oxygens (including phenoxy) is 1. The van der Waals surface area contributed by atoms with Crippen LogP contribution in [0.2, 0.25) is 5.02 Å². The number of hydrogen-bond donors (Lipinski definition) is 2. The van der Waals surface area contributed by atoms with Crippen molar-refractivity contribution < 1.29 is 9.53 Å². The zero-order chi connectivity index (χ0) is 16.7. The van der Waals surface area contributed by atoms with Gasteiger partial charge in [-0.1, -0.05) is 23.7 Å². The van der Waals surface area contributed by atoms with Crippen LogP contribution in [0.25, 0.3) is 0 Å². The average Bonchev–Trinajstić information content (AvgIpc) is 2.49. The monoisotopic (exact) mass is 331 g/mol. The summed E-state index contributed by atoms with van der Waals surface area (Å²) in [7, 11) is 0. The minimum absolute atomic E-state index is 0.102. The number of anilines is 1. The van der Waals surface area contributed by atoms with Crippen LogP contribution < -0.4 is 15.5 Å². The molecule has 6 heteroatoms. The highest BCUT2D eigenvalue weighted by Gasteiger charge is 2.00. The smallest absolute Gasteiger partial charge is 0.339 e. The van der Waals surface area contributed by atoms with Crippen molar-refractivity contribution >= 4 is 29.5 Å². The summed E-state index contributed by atoms with van der Waals surface area (Å²) in [6.07, 6.45) is 1.65. The molecule has 0 aliphatic heterocycles. The van der Waals surface area contributed by atoms with Gasteiger partial charge in [-0.15, -0.1) is 0 Å². The number of nitrogens with zero attached hydrogens (tertiary/aromatic N) is 1. The van der Waals surface area contributed by atoms with E-state index in [1.165, 1.54) is 0 Å². The van der Waals surface area contributed by atoms with E-state index in [2.05, 4.69) is 15.8 Å². The van der Waals surface area contributed by atoms with E-state index in [9.17, 15) is 4.79 Å². The van der Waals surface area contributed by atoms with Gasteiger partial charge in [0.15, 0.2) is 0 Å². The van der Waals surface area contributed by atoms with Crippen molar-refractivity contribution in [3.8, 4) is 5.75 Å². The first-order valence-electron chi connectivity index (χ1n) is 7.15. The molecule has 0 heterocycles. The molecule has 2 aromatic carbocycles. The molecule has 0 aromatic heterocycles. The van der Waals surface area contributed by atoms with Gasteiger partial charge in [0.1, 0.15) is 5.75 Å². The normalized spacial score (nSPS) is 10.8. The van der Waals surface area contributed by atoms with Crippen molar-refractivity contribution in [3.63, 3.8) is 0 Å². The lowest BCUT2D eigenvalue weighted by Gasteiger charge is -2.09. The average molecular weight is 332 g/mol. The summed E-state index contributed by atoms with van der Waals surface area (Å²) < 4.78 is 5.60. The van der Waals surface area contributed by atoms with E-state index in [-0.39, 0.29) is 6.10 Å². The maximum atomic E-state index is 11.7. The molecule has 120 valence electrons. The summed E-state index contributed by atoms with van der Waals surface area (Å²) >= 11 is 5.78. The van der Waals surface area contributed by atoms with Gasteiger partial charge in [-0.05, 0) is 55.8 Å². The molecule has 5 nitrogen and oxygen atoms in total. The van der Waals surface area contributed by atoms with Gasteiger partial charge in [-0.3, -0.25) is 0 Å². The van der Waals surface area contributed by atoms with Gasteiger partial charge in [0.05, 0.1) is 12.3 Å². The Morgan fingerprint density at radius 3 is 2.65 bits per heavy atom. The number of nitrogens with one attached hydrogen (secondary N) is 2. The number of hydrogen-bond acceptors (Lipinski definition) is 3. The molecule has 0 fully saturated rings. The molecule has 0 saturated heterocycles. The maximum Gasteiger partial charge on any atom is 0.339 e. The van der Waals surface area contributed by atoms with Crippen LogP contribution >= 0.6 is 11.6 Å². The van der Waals surface area contributed by atoms with Crippen LogP contribution in [-0.4, -0.2) is 18.3 Å². The van der Waals surface area contributed by atoms with E-state index in [0.717, 1.165) is 11.3 Å². The van der Waals surface area contributed by atoms with Crippen molar-refractivity contribution in [2.45, 2.75) is 20.0 Å². The summed E-state index contributed by atoms with van der Waals surface area (Å²) in [4.78, 5) is 11.7. The zero-order valence-electron chi connectivity index (χ0n) is 12.9. The number of halogens is 1. The number of carbonyl (C=O) groups excluding carboxylic acids is 1. The van der Waals surface area contributed by atoms with Crippen LogP contribution in [0.15, 0.2) is 53.6 Å². The Hall–Kier alpha value is -2.53. The molecule has 2 rings (SSSR count). The van der Waals surface area contributed by atoms with Crippen LogP contribution in [0.4, 0.5) is 10.5 Å². The Morgan fingerprint density at radius 2 is 1.96 bits per heavy atom. The first-order valence-corrected chi connectivity index (χ1v) is 7.53. The second-order valence-electron chi connectivity index (χ2n) is 5.07. The van der Waals surface area contributed by atoms with Crippen molar-refractivity contribution in [2.75, 3.05) is 5.32 Å². The number of hydrazone groups is 1. The highest BCUT2D eigenvalue weighted by atomic mass is 35.5. The summed E-state index contributed by atoms with van der Waals surface area (Å²) in [6.45, 7) is 3.92. The Balaban J connectivity index is 1.88. The van der Waals surface area contributed by atoms with E-state index in [0.29, 0.717) is 10.7 Å². The van der Waals surface area contributed by atoms with Crippen LogP contribution in [0.3, 0.4) is 0 Å². The second-order valence-corrected chi connectivity index (χ2v) is 5.51. The van der Waals surface area contributed by atoms with Gasteiger partial charge >= 0.3 is 6.03 Å². The lowest BCUT2D eigenvalue weighted by atomic mass is 10.2. The summed E-state index contributed by atoms with van der Waals surface area (Å²) in [5.74, 6) is 0.759. The van der Waals surface area contributed by atoms with E-state index < -0.39 is 6.03 Å². The van der Waals surface area contributed by atoms with Crippen LogP contribution in [0.1, 0.15) is 19.4 Å². The van der Waals surface area contributed by atoms with Crippen molar-refractivity contribution in [2.24, 2.45) is 5.10 Å². The minimum Gasteiger partial charge on any atom is -0.491 e. The van der Waals surface area contributed by atoms with Crippen LogP contribution in [-0.2, 0) is 0 Å². The van der Waals surface area contributed by atoms with Crippen molar-refractivity contribution in [3.05, 3.63) is 59.1 Å². The molecule has 0 unspecified atom stereocenters. The highest BCUT2D eigenvalue weighted by molar-refractivity contribution is 6.30. The Bertz CT molecular complexity index is 684. The van der Waals surface area contributed by atoms with E-state index in [1.54, 1.807) is 30.5 Å². The van der Waals surface area contributed by atoms with Crippen molar-refractivity contribution in [1.29, 1.82) is 0 Å². The molecule has 2 aromatic rings. The lowest BCUT2D eigenvalue weighted by Crippen LogP contribution is -2.24. The molecule has 0 atom stereocenters. The molecule has 23 heavy (non-hydrogen) atoms. The van der Waals surface area contributed by atoms with Gasteiger partial charge in [0.25, 0.3) is 0 Å². The summed E-state index contributed by atoms with van der Waals surface area (Å²) in [5, 5.41) is 7.16. The van der Waals surface area contributed by atoms with Crippen LogP contribution in [0, 0.1) is 0 Å². The Labute approximate surface area is 140 Å². The fourth-order valence-corrected chi connectivity index (χ4v) is 1.92. The first-order chi connectivity index (χ1) is 11.0. The molecular formula is C17H18ClN3O2. The minimum atomic E-state index is -0.432. The molecule has 0 aliphatic rings. The summed E-state index contributed by atoms with van der Waals surface area (Å²) in [6, 6.07) is 13.8. The fraction of sp³-hybridized carbons (Fsp3) is 0.176. The van der Waals surface area contributed by atoms with Gasteiger partial charge in [-0.2, -0.15) is 5.10 Å². The predicted octanol–water partition coefficient (Wildman–Crippen LogP) is 4.28. The van der Waals surface area contributed by atoms with E-state index >= 15 is 0 Å². The Morgan fingerprint density at radius 1 is 1.22 bits per heavy atom. The molecule has 0 radical (unpaired) electrons. The zero-order valence-corrected chi connectivity index (χ0v) is 13.7. The van der Waals surface area contributed by atoms with Gasteiger partial charge in [-0.25, -0.2) is 10.2 Å². The first kappa shape index (κ1) is 16.8. The topological polar surface area (TPSA) is 62.7 Å². The molecule has 0 saturated carbocycles. The molecule has 0 spiro atoms. The predicted molar refractivity (Wildman–Crippen MR) is 93.4 cm³/mol. The molecular weight excluding hydrogens is 314 g/mol. The standard InChI is InChI=1S/C17H18ClN3O2/c1-12(2)23-16-5-3-4-13(10-16)11-19-21-17(22)20-15-8-6-14(18)7-9-15/h3-12H,1-2H3,(H2,20,21,22)/b19-11-. The molecule has 0 aliphatic carbocycles. The van der Waals surface area contributed by atoms with Crippen molar-refractivity contribution in [1.82, 2.24) is 5.43 Å². The SMILES string of the molecule is CC(C)Oc1cccc(/C=N\NC(=O)Nc2ccc(Cl)cc2)c1. The highest BCUT2D eigenvalue weighted by Crippen LogP contribution is 2.14. The number of rotatable bonds is 5. The fourth-order valence-electron chi connectivity index (χ4n) is 1.80. The second kappa shape index (κ2) is 8.19. The lowest BCUT2D eigenvalue weighted by molar-refractivity contribution is 0.242. The number of urea groups is 1. The number of benzene rings is 2. The van der Waals surface area contributed by atoms with Crippen LogP contribution in [0.5, 0.6) is 5.75 Å². The third-order valence-electron chi connectivity index (χ3n) is 2.71. The third kappa shape index (κ3) is 6.00. The quantitative estimate of drug-likeness (QED) is 0.634. The number of carbonyl (C=O) groups is 1. The Kier molecular flexibility index (Phi) is 6.00. The van der Waals surface area contributed by atoms with E-state index in [4.69, 9.17) is 16.3 Å². The van der Waals surface area contributed by atoms with Gasteiger partial charge in [0.2, 0.25) is 0 Å². The van der Waals surface area contributed by atoms with Gasteiger partial charge < -0.3 is 10.1 Å². The van der Waals surface area contributed by atoms with Gasteiger partial charge in [0, 0.05) is 10.7 Å². The largest absolute Gasteiger partial charge is 0.491 e. The summed E-state index contributed by atoms with van der Waals surface area (Å²) in [5.41, 5.74) is 3.86. The molecule has 2 amide bonds. The number of amides is 2. The maximum absolute atomic E-state index is 11.7. The third-order valence-corrected chi connectivity index (χ3v) is 2.96.